The quantitative estimate of drug-likeness (QED) is 0.882. The molecule has 1 fully saturated rings. The van der Waals surface area contributed by atoms with Crippen LogP contribution < -0.4 is 10.2 Å². The third kappa shape index (κ3) is 2.75. The number of carbonyl (C=O) groups excluding carboxylic acids is 1. The van der Waals surface area contributed by atoms with Gasteiger partial charge in [-0.15, -0.1) is 0 Å². The Morgan fingerprint density at radius 1 is 1.42 bits per heavy atom. The number of hydrogen-bond acceptors (Lipinski definition) is 2. The number of nitrogens with zero attached hydrogens (tertiary/aromatic N) is 1. The molecule has 0 aromatic heterocycles. The number of nitrogens with one attached hydrogen (secondary N) is 1. The molecule has 3 heteroatoms. The number of hydrogen-bond donors (Lipinski definition) is 1. The Balaban J connectivity index is 2.44. The molecule has 0 radical (unpaired) electrons. The van der Waals surface area contributed by atoms with Gasteiger partial charge in [0.15, 0.2) is 0 Å². The van der Waals surface area contributed by atoms with Crippen molar-refractivity contribution < 1.29 is 4.79 Å². The van der Waals surface area contributed by atoms with Crippen LogP contribution in [0.1, 0.15) is 54.9 Å². The molecule has 1 heterocycles. The molecule has 1 aromatic rings. The molecule has 1 aromatic carbocycles. The standard InChI is InChI=1S/C16H24N2O/c1-4-7-12(2)15-13(16(19)17-3)8-5-9-14(15)18-10-6-11-18/h5,8-9,12H,4,6-7,10-11H2,1-3H3,(H,17,19). The molecule has 0 bridgehead atoms. The normalized spacial score (nSPS) is 15.8. The van der Waals surface area contributed by atoms with Gasteiger partial charge in [0.25, 0.3) is 5.91 Å². The first-order valence-corrected chi connectivity index (χ1v) is 7.29. The molecule has 0 spiro atoms. The van der Waals surface area contributed by atoms with Crippen molar-refractivity contribution in [2.24, 2.45) is 0 Å². The van der Waals surface area contributed by atoms with Crippen LogP contribution in [0.2, 0.25) is 0 Å². The van der Waals surface area contributed by atoms with Crippen molar-refractivity contribution in [3.63, 3.8) is 0 Å². The lowest BCUT2D eigenvalue weighted by atomic mass is 9.89. The van der Waals surface area contributed by atoms with E-state index in [2.05, 4.69) is 30.1 Å². The van der Waals surface area contributed by atoms with Crippen LogP contribution in [0.4, 0.5) is 5.69 Å². The van der Waals surface area contributed by atoms with E-state index in [-0.39, 0.29) is 5.91 Å². The van der Waals surface area contributed by atoms with Crippen LogP contribution in [0.5, 0.6) is 0 Å². The fourth-order valence-corrected chi connectivity index (χ4v) is 2.81. The molecule has 1 aliphatic heterocycles. The van der Waals surface area contributed by atoms with Crippen LogP contribution in [0.25, 0.3) is 0 Å². The Hall–Kier alpha value is -1.51. The molecule has 1 saturated heterocycles. The molecule has 1 amide bonds. The van der Waals surface area contributed by atoms with Gasteiger partial charge in [-0.2, -0.15) is 0 Å². The summed E-state index contributed by atoms with van der Waals surface area (Å²) < 4.78 is 0. The number of rotatable bonds is 5. The topological polar surface area (TPSA) is 32.3 Å². The van der Waals surface area contributed by atoms with Gasteiger partial charge in [-0.3, -0.25) is 4.79 Å². The minimum Gasteiger partial charge on any atom is -0.371 e. The minimum atomic E-state index is 0.0281. The van der Waals surface area contributed by atoms with Crippen molar-refractivity contribution in [3.8, 4) is 0 Å². The van der Waals surface area contributed by atoms with E-state index in [1.54, 1.807) is 7.05 Å². The number of anilines is 1. The average Bonchev–Trinajstić information content (AvgIpc) is 2.35. The third-order valence-electron chi connectivity index (χ3n) is 3.97. The first kappa shape index (κ1) is 13.9. The zero-order chi connectivity index (χ0) is 13.8. The van der Waals surface area contributed by atoms with Gasteiger partial charge < -0.3 is 10.2 Å². The highest BCUT2D eigenvalue weighted by Crippen LogP contribution is 2.35. The summed E-state index contributed by atoms with van der Waals surface area (Å²) in [6, 6.07) is 6.11. The second-order valence-corrected chi connectivity index (χ2v) is 5.35. The SMILES string of the molecule is CCCC(C)c1c(C(=O)NC)cccc1N1CCC1. The zero-order valence-corrected chi connectivity index (χ0v) is 12.2. The van der Waals surface area contributed by atoms with Gasteiger partial charge >= 0.3 is 0 Å². The molecule has 0 saturated carbocycles. The Bertz CT molecular complexity index is 452. The summed E-state index contributed by atoms with van der Waals surface area (Å²) in [5, 5.41) is 2.76. The average molecular weight is 260 g/mol. The van der Waals surface area contributed by atoms with Crippen LogP contribution in [-0.4, -0.2) is 26.0 Å². The highest BCUT2D eigenvalue weighted by molar-refractivity contribution is 5.97. The number of benzene rings is 1. The predicted octanol–water partition coefficient (Wildman–Crippen LogP) is 3.16. The second kappa shape index (κ2) is 6.09. The summed E-state index contributed by atoms with van der Waals surface area (Å²) in [5.74, 6) is 0.453. The summed E-state index contributed by atoms with van der Waals surface area (Å²) >= 11 is 0. The number of carbonyl (C=O) groups is 1. The van der Waals surface area contributed by atoms with E-state index in [1.165, 1.54) is 17.7 Å². The van der Waals surface area contributed by atoms with E-state index < -0.39 is 0 Å². The lowest BCUT2D eigenvalue weighted by Gasteiger charge is -2.36. The highest BCUT2D eigenvalue weighted by Gasteiger charge is 2.24. The maximum atomic E-state index is 12.1. The molecule has 2 rings (SSSR count). The van der Waals surface area contributed by atoms with Crippen LogP contribution in [0, 0.1) is 0 Å². The van der Waals surface area contributed by atoms with Gasteiger partial charge in [-0.1, -0.05) is 26.3 Å². The smallest absolute Gasteiger partial charge is 0.251 e. The molecule has 1 aliphatic rings. The van der Waals surface area contributed by atoms with Gasteiger partial charge in [0.05, 0.1) is 0 Å². The summed E-state index contributed by atoms with van der Waals surface area (Å²) in [7, 11) is 1.70. The fraction of sp³-hybridized carbons (Fsp3) is 0.562. The largest absolute Gasteiger partial charge is 0.371 e. The molecular formula is C16H24N2O. The Labute approximate surface area is 116 Å². The summed E-state index contributed by atoms with van der Waals surface area (Å²) in [6.45, 7) is 6.66. The Kier molecular flexibility index (Phi) is 4.46. The van der Waals surface area contributed by atoms with Crippen molar-refractivity contribution in [2.75, 3.05) is 25.0 Å². The minimum absolute atomic E-state index is 0.0281. The van der Waals surface area contributed by atoms with Gasteiger partial charge in [0.1, 0.15) is 0 Å². The monoisotopic (exact) mass is 260 g/mol. The molecule has 0 aliphatic carbocycles. The highest BCUT2D eigenvalue weighted by atomic mass is 16.1. The van der Waals surface area contributed by atoms with Crippen molar-refractivity contribution in [2.45, 2.75) is 39.0 Å². The van der Waals surface area contributed by atoms with E-state index in [9.17, 15) is 4.79 Å². The molecule has 19 heavy (non-hydrogen) atoms. The molecular weight excluding hydrogens is 236 g/mol. The van der Waals surface area contributed by atoms with Gasteiger partial charge in [0, 0.05) is 31.4 Å². The lowest BCUT2D eigenvalue weighted by molar-refractivity contribution is 0.0961. The van der Waals surface area contributed by atoms with Gasteiger partial charge in [-0.25, -0.2) is 0 Å². The van der Waals surface area contributed by atoms with E-state index in [4.69, 9.17) is 0 Å². The molecule has 1 atom stereocenters. The van der Waals surface area contributed by atoms with Gasteiger partial charge in [0.2, 0.25) is 0 Å². The maximum Gasteiger partial charge on any atom is 0.251 e. The van der Waals surface area contributed by atoms with E-state index in [0.29, 0.717) is 5.92 Å². The predicted molar refractivity (Wildman–Crippen MR) is 80.0 cm³/mol. The van der Waals surface area contributed by atoms with E-state index in [0.717, 1.165) is 31.5 Å². The van der Waals surface area contributed by atoms with Crippen LogP contribution in [0.15, 0.2) is 18.2 Å². The van der Waals surface area contributed by atoms with Crippen molar-refractivity contribution in [3.05, 3.63) is 29.3 Å². The molecule has 1 unspecified atom stereocenters. The lowest BCUT2D eigenvalue weighted by Crippen LogP contribution is -2.38. The Morgan fingerprint density at radius 2 is 2.16 bits per heavy atom. The second-order valence-electron chi connectivity index (χ2n) is 5.35. The van der Waals surface area contributed by atoms with Crippen LogP contribution in [-0.2, 0) is 0 Å². The van der Waals surface area contributed by atoms with Crippen LogP contribution >= 0.6 is 0 Å². The summed E-state index contributed by atoms with van der Waals surface area (Å²) in [6.07, 6.45) is 3.52. The first-order valence-electron chi connectivity index (χ1n) is 7.29. The first-order chi connectivity index (χ1) is 9.19. The van der Waals surface area contributed by atoms with Crippen LogP contribution in [0.3, 0.4) is 0 Å². The third-order valence-corrected chi connectivity index (χ3v) is 3.97. The number of amides is 1. The maximum absolute atomic E-state index is 12.1. The van der Waals surface area contributed by atoms with E-state index >= 15 is 0 Å². The molecule has 1 N–H and O–H groups in total. The van der Waals surface area contributed by atoms with Gasteiger partial charge in [-0.05, 0) is 36.5 Å². The molecule has 104 valence electrons. The van der Waals surface area contributed by atoms with Crippen molar-refractivity contribution in [1.82, 2.24) is 5.32 Å². The molecule has 3 nitrogen and oxygen atoms in total. The summed E-state index contributed by atoms with van der Waals surface area (Å²) in [5.41, 5.74) is 3.32. The fourth-order valence-electron chi connectivity index (χ4n) is 2.81. The van der Waals surface area contributed by atoms with Crippen molar-refractivity contribution in [1.29, 1.82) is 0 Å². The van der Waals surface area contributed by atoms with E-state index in [1.807, 2.05) is 12.1 Å². The van der Waals surface area contributed by atoms with Crippen molar-refractivity contribution >= 4 is 11.6 Å². The zero-order valence-electron chi connectivity index (χ0n) is 12.2. The Morgan fingerprint density at radius 3 is 2.68 bits per heavy atom. The summed E-state index contributed by atoms with van der Waals surface area (Å²) in [4.78, 5) is 14.5.